The van der Waals surface area contributed by atoms with Gasteiger partial charge in [-0.2, -0.15) is 15.2 Å². The van der Waals surface area contributed by atoms with Crippen molar-refractivity contribution in [3.05, 3.63) is 48.3 Å². The maximum atomic E-state index is 13.1. The van der Waals surface area contributed by atoms with Gasteiger partial charge in [0.1, 0.15) is 0 Å². The maximum Gasteiger partial charge on any atom is 0.258 e. The molecule has 2 aromatic heterocycles. The van der Waals surface area contributed by atoms with Crippen LogP contribution in [0.5, 0.6) is 0 Å². The Bertz CT molecular complexity index is 720. The molecule has 0 spiro atoms. The Morgan fingerprint density at radius 1 is 0.950 bits per heavy atom. The van der Waals surface area contributed by atoms with Gasteiger partial charge in [-0.25, -0.2) is 8.78 Å². The average molecular weight is 297 g/mol. The van der Waals surface area contributed by atoms with Crippen LogP contribution in [0.25, 0.3) is 22.8 Å². The van der Waals surface area contributed by atoms with E-state index in [2.05, 4.69) is 20.3 Å². The Labute approximate surface area is 118 Å². The van der Waals surface area contributed by atoms with Crippen LogP contribution < -0.4 is 0 Å². The second-order valence-corrected chi connectivity index (χ2v) is 3.68. The van der Waals surface area contributed by atoms with E-state index in [9.17, 15) is 8.78 Å². The summed E-state index contributed by atoms with van der Waals surface area (Å²) < 4.78 is 30.9. The lowest BCUT2D eigenvalue weighted by atomic mass is 10.2. The first kappa shape index (κ1) is 14.0. The van der Waals surface area contributed by atoms with Crippen molar-refractivity contribution in [1.82, 2.24) is 20.3 Å². The molecule has 20 heavy (non-hydrogen) atoms. The number of benzene rings is 1. The quantitative estimate of drug-likeness (QED) is 0.727. The first-order valence-corrected chi connectivity index (χ1v) is 5.30. The molecule has 0 fully saturated rings. The van der Waals surface area contributed by atoms with Gasteiger partial charge in [-0.3, -0.25) is 0 Å². The molecule has 2 heterocycles. The monoisotopic (exact) mass is 296 g/mol. The van der Waals surface area contributed by atoms with Crippen LogP contribution in [0.15, 0.2) is 41.2 Å². The highest BCUT2D eigenvalue weighted by molar-refractivity contribution is 5.85. The summed E-state index contributed by atoms with van der Waals surface area (Å²) in [5.74, 6) is -1.50. The number of hydrogen-bond donors (Lipinski definition) is 0. The number of hydrogen-bond acceptors (Lipinski definition) is 5. The summed E-state index contributed by atoms with van der Waals surface area (Å²) in [5.41, 5.74) is 0.923. The molecule has 0 bridgehead atoms. The first-order valence-electron chi connectivity index (χ1n) is 5.30. The van der Waals surface area contributed by atoms with Crippen LogP contribution in [0, 0.1) is 11.6 Å². The van der Waals surface area contributed by atoms with Crippen LogP contribution in [0.1, 0.15) is 0 Å². The van der Waals surface area contributed by atoms with E-state index < -0.39 is 11.6 Å². The second kappa shape index (κ2) is 5.70. The van der Waals surface area contributed by atoms with Crippen molar-refractivity contribution in [2.75, 3.05) is 0 Å². The standard InChI is InChI=1S/C12H6F2N4O.ClH/c13-9-2-1-7(5-10(9)14)12-17-11(18-19-12)8-3-4-15-16-6-8;/h1-6H;1H. The zero-order valence-corrected chi connectivity index (χ0v) is 10.6. The zero-order chi connectivity index (χ0) is 13.2. The van der Waals surface area contributed by atoms with E-state index in [1.807, 2.05) is 0 Å². The van der Waals surface area contributed by atoms with E-state index in [1.165, 1.54) is 18.5 Å². The van der Waals surface area contributed by atoms with Crippen LogP contribution in [0.2, 0.25) is 0 Å². The molecule has 0 atom stereocenters. The third-order valence-electron chi connectivity index (χ3n) is 2.44. The highest BCUT2D eigenvalue weighted by Crippen LogP contribution is 2.22. The van der Waals surface area contributed by atoms with Gasteiger partial charge in [-0.05, 0) is 24.3 Å². The Hall–Kier alpha value is -2.41. The smallest absolute Gasteiger partial charge is 0.258 e. The van der Waals surface area contributed by atoms with Gasteiger partial charge in [-0.1, -0.05) is 5.16 Å². The van der Waals surface area contributed by atoms with E-state index in [1.54, 1.807) is 6.07 Å². The Morgan fingerprint density at radius 2 is 1.80 bits per heavy atom. The van der Waals surface area contributed by atoms with E-state index in [0.29, 0.717) is 17.0 Å². The van der Waals surface area contributed by atoms with Gasteiger partial charge in [0.2, 0.25) is 5.82 Å². The summed E-state index contributed by atoms with van der Waals surface area (Å²) in [4.78, 5) is 4.09. The van der Waals surface area contributed by atoms with Crippen LogP contribution in [-0.2, 0) is 0 Å². The average Bonchev–Trinajstić information content (AvgIpc) is 2.93. The molecule has 0 saturated heterocycles. The summed E-state index contributed by atoms with van der Waals surface area (Å²) in [6, 6.07) is 5.02. The van der Waals surface area contributed by atoms with Crippen LogP contribution >= 0.6 is 12.4 Å². The molecule has 5 nitrogen and oxygen atoms in total. The van der Waals surface area contributed by atoms with E-state index in [4.69, 9.17) is 4.52 Å². The molecule has 3 rings (SSSR count). The van der Waals surface area contributed by atoms with Gasteiger partial charge in [0, 0.05) is 11.1 Å². The summed E-state index contributed by atoms with van der Waals surface area (Å²) in [6.07, 6.45) is 2.96. The molecular formula is C12H7ClF2N4O. The summed E-state index contributed by atoms with van der Waals surface area (Å²) >= 11 is 0. The molecule has 102 valence electrons. The van der Waals surface area contributed by atoms with Crippen LogP contribution in [0.4, 0.5) is 8.78 Å². The lowest BCUT2D eigenvalue weighted by Crippen LogP contribution is -1.86. The Kier molecular flexibility index (Phi) is 3.99. The van der Waals surface area contributed by atoms with Crippen molar-refractivity contribution in [2.24, 2.45) is 0 Å². The lowest BCUT2D eigenvalue weighted by Gasteiger charge is -1.95. The number of nitrogens with zero attached hydrogens (tertiary/aromatic N) is 4. The highest BCUT2D eigenvalue weighted by Gasteiger charge is 2.12. The molecule has 0 aliphatic heterocycles. The number of aromatic nitrogens is 4. The molecule has 8 heteroatoms. The van der Waals surface area contributed by atoms with E-state index in [-0.39, 0.29) is 18.3 Å². The minimum atomic E-state index is -0.970. The topological polar surface area (TPSA) is 64.7 Å². The molecule has 0 radical (unpaired) electrons. The van der Waals surface area contributed by atoms with Crippen molar-refractivity contribution in [3.8, 4) is 22.8 Å². The molecule has 0 N–H and O–H groups in total. The molecule has 0 aliphatic rings. The largest absolute Gasteiger partial charge is 0.334 e. The fourth-order valence-electron chi connectivity index (χ4n) is 1.51. The molecule has 0 amide bonds. The molecule has 1 aromatic carbocycles. The summed E-state index contributed by atoms with van der Waals surface area (Å²) in [7, 11) is 0. The maximum absolute atomic E-state index is 13.1. The van der Waals surface area contributed by atoms with Crippen molar-refractivity contribution >= 4 is 12.4 Å². The highest BCUT2D eigenvalue weighted by atomic mass is 35.5. The van der Waals surface area contributed by atoms with Crippen LogP contribution in [-0.4, -0.2) is 20.3 Å². The fraction of sp³-hybridized carbons (Fsp3) is 0. The van der Waals surface area contributed by atoms with Crippen LogP contribution in [0.3, 0.4) is 0 Å². The minimum absolute atomic E-state index is 0. The summed E-state index contributed by atoms with van der Waals surface area (Å²) in [5, 5.41) is 11.1. The molecule has 0 unspecified atom stereocenters. The van der Waals surface area contributed by atoms with Crippen molar-refractivity contribution in [3.63, 3.8) is 0 Å². The number of rotatable bonds is 2. The zero-order valence-electron chi connectivity index (χ0n) is 9.83. The van der Waals surface area contributed by atoms with E-state index in [0.717, 1.165) is 12.1 Å². The Morgan fingerprint density at radius 3 is 2.50 bits per heavy atom. The third kappa shape index (κ3) is 2.62. The van der Waals surface area contributed by atoms with E-state index >= 15 is 0 Å². The summed E-state index contributed by atoms with van der Waals surface area (Å²) in [6.45, 7) is 0. The Balaban J connectivity index is 0.00000147. The predicted molar refractivity (Wildman–Crippen MR) is 67.9 cm³/mol. The molecule has 0 aliphatic carbocycles. The first-order chi connectivity index (χ1) is 9.24. The van der Waals surface area contributed by atoms with Crippen molar-refractivity contribution in [1.29, 1.82) is 0 Å². The van der Waals surface area contributed by atoms with Crippen molar-refractivity contribution in [2.45, 2.75) is 0 Å². The number of halogens is 3. The normalized spacial score (nSPS) is 10.1. The molecular weight excluding hydrogens is 290 g/mol. The molecule has 0 saturated carbocycles. The van der Waals surface area contributed by atoms with Gasteiger partial charge in [0.15, 0.2) is 11.6 Å². The fourth-order valence-corrected chi connectivity index (χ4v) is 1.51. The minimum Gasteiger partial charge on any atom is -0.334 e. The lowest BCUT2D eigenvalue weighted by molar-refractivity contribution is 0.431. The predicted octanol–water partition coefficient (Wildman–Crippen LogP) is 2.89. The van der Waals surface area contributed by atoms with Gasteiger partial charge >= 0.3 is 0 Å². The molecule has 3 aromatic rings. The van der Waals surface area contributed by atoms with Gasteiger partial charge in [-0.15, -0.1) is 12.4 Å². The van der Waals surface area contributed by atoms with Gasteiger partial charge in [0.05, 0.1) is 12.4 Å². The second-order valence-electron chi connectivity index (χ2n) is 3.68. The van der Waals surface area contributed by atoms with Gasteiger partial charge in [0.25, 0.3) is 5.89 Å². The van der Waals surface area contributed by atoms with Gasteiger partial charge < -0.3 is 4.52 Å². The third-order valence-corrected chi connectivity index (χ3v) is 2.44. The SMILES string of the molecule is Cl.Fc1ccc(-c2nc(-c3ccnnc3)no2)cc1F. The van der Waals surface area contributed by atoms with Crippen molar-refractivity contribution < 1.29 is 13.3 Å².